The molecule has 0 atom stereocenters. The Morgan fingerprint density at radius 2 is 1.95 bits per heavy atom. The third kappa shape index (κ3) is 2.71. The van der Waals surface area contributed by atoms with Crippen molar-refractivity contribution in [1.82, 2.24) is 0 Å². The van der Waals surface area contributed by atoms with Gasteiger partial charge in [-0.1, -0.05) is 19.1 Å². The van der Waals surface area contributed by atoms with Gasteiger partial charge in [-0.05, 0) is 36.2 Å². The van der Waals surface area contributed by atoms with Gasteiger partial charge < -0.3 is 5.32 Å². The number of rotatable bonds is 3. The first-order valence-corrected chi connectivity index (χ1v) is 5.89. The van der Waals surface area contributed by atoms with E-state index in [4.69, 9.17) is 5.26 Å². The first kappa shape index (κ1) is 13.0. The van der Waals surface area contributed by atoms with Crippen LogP contribution in [0.4, 0.5) is 20.2 Å². The number of halogens is 2. The number of para-hydroxylation sites is 1. The van der Waals surface area contributed by atoms with E-state index in [1.54, 1.807) is 18.2 Å². The largest absolute Gasteiger partial charge is 0.353 e. The van der Waals surface area contributed by atoms with E-state index in [1.165, 1.54) is 18.2 Å². The molecule has 0 aromatic heterocycles. The number of nitrogens with one attached hydrogen (secondary N) is 1. The Kier molecular flexibility index (Phi) is 3.76. The van der Waals surface area contributed by atoms with E-state index in [1.807, 2.05) is 13.0 Å². The molecule has 19 heavy (non-hydrogen) atoms. The molecule has 0 spiro atoms. The summed E-state index contributed by atoms with van der Waals surface area (Å²) in [5, 5.41) is 11.5. The van der Waals surface area contributed by atoms with Crippen LogP contribution in [-0.4, -0.2) is 0 Å². The van der Waals surface area contributed by atoms with Crippen molar-refractivity contribution in [2.24, 2.45) is 0 Å². The Bertz CT molecular complexity index is 645. The van der Waals surface area contributed by atoms with Crippen molar-refractivity contribution < 1.29 is 8.78 Å². The summed E-state index contributed by atoms with van der Waals surface area (Å²) in [6.45, 7) is 1.92. The molecule has 0 amide bonds. The second-order valence-corrected chi connectivity index (χ2v) is 4.06. The summed E-state index contributed by atoms with van der Waals surface area (Å²) in [6, 6.07) is 10.6. The summed E-state index contributed by atoms with van der Waals surface area (Å²) in [7, 11) is 0. The Morgan fingerprint density at radius 1 is 1.16 bits per heavy atom. The van der Waals surface area contributed by atoms with Crippen LogP contribution in [0.15, 0.2) is 36.4 Å². The molecule has 0 aliphatic heterocycles. The summed E-state index contributed by atoms with van der Waals surface area (Å²) in [4.78, 5) is 0. The van der Waals surface area contributed by atoms with E-state index in [0.29, 0.717) is 17.8 Å². The molecule has 0 radical (unpaired) electrons. The van der Waals surface area contributed by atoms with Gasteiger partial charge in [-0.25, -0.2) is 8.78 Å². The lowest BCUT2D eigenvalue weighted by atomic mass is 10.1. The molecule has 96 valence electrons. The van der Waals surface area contributed by atoms with Crippen molar-refractivity contribution in [3.63, 3.8) is 0 Å². The van der Waals surface area contributed by atoms with Crippen molar-refractivity contribution in [1.29, 1.82) is 5.26 Å². The molecule has 2 rings (SSSR count). The Hall–Kier alpha value is -2.41. The van der Waals surface area contributed by atoms with Gasteiger partial charge in [0.1, 0.15) is 17.7 Å². The molecule has 0 fully saturated rings. The van der Waals surface area contributed by atoms with Gasteiger partial charge in [-0.15, -0.1) is 0 Å². The average Bonchev–Trinajstić information content (AvgIpc) is 2.41. The fourth-order valence-corrected chi connectivity index (χ4v) is 1.83. The highest BCUT2D eigenvalue weighted by molar-refractivity contribution is 5.64. The number of hydrogen-bond acceptors (Lipinski definition) is 2. The molecule has 0 saturated carbocycles. The predicted molar refractivity (Wildman–Crippen MR) is 70.2 cm³/mol. The first-order valence-electron chi connectivity index (χ1n) is 5.89. The third-order valence-electron chi connectivity index (χ3n) is 2.84. The van der Waals surface area contributed by atoms with Crippen molar-refractivity contribution in [2.45, 2.75) is 13.3 Å². The van der Waals surface area contributed by atoms with Gasteiger partial charge in [-0.2, -0.15) is 5.26 Å². The minimum absolute atomic E-state index is 0.0326. The number of hydrogen-bond donors (Lipinski definition) is 1. The van der Waals surface area contributed by atoms with Gasteiger partial charge in [0.2, 0.25) is 0 Å². The van der Waals surface area contributed by atoms with Gasteiger partial charge in [0.15, 0.2) is 0 Å². The lowest BCUT2D eigenvalue weighted by Gasteiger charge is -2.12. The molecule has 0 aliphatic carbocycles. The van der Waals surface area contributed by atoms with Crippen molar-refractivity contribution >= 4 is 11.4 Å². The Labute approximate surface area is 110 Å². The molecule has 0 aliphatic rings. The van der Waals surface area contributed by atoms with Gasteiger partial charge in [0.05, 0.1) is 11.3 Å². The number of anilines is 2. The van der Waals surface area contributed by atoms with Crippen LogP contribution in [0.5, 0.6) is 0 Å². The highest BCUT2D eigenvalue weighted by Crippen LogP contribution is 2.25. The van der Waals surface area contributed by atoms with Gasteiger partial charge in [0.25, 0.3) is 0 Å². The zero-order valence-corrected chi connectivity index (χ0v) is 10.4. The molecule has 2 aromatic carbocycles. The highest BCUT2D eigenvalue weighted by Gasteiger charge is 2.09. The molecule has 0 saturated heterocycles. The standard InChI is InChI=1S/C15H12F2N2/c1-2-10-4-3-5-13(16)15(10)19-12-7-6-11(9-18)14(17)8-12/h3-8,19H,2H2,1H3. The second-order valence-electron chi connectivity index (χ2n) is 4.06. The van der Waals surface area contributed by atoms with E-state index < -0.39 is 5.82 Å². The fourth-order valence-electron chi connectivity index (χ4n) is 1.83. The first-order chi connectivity index (χ1) is 9.15. The normalized spacial score (nSPS) is 10.0. The molecule has 2 nitrogen and oxygen atoms in total. The number of benzene rings is 2. The molecule has 2 aromatic rings. The highest BCUT2D eigenvalue weighted by atomic mass is 19.1. The van der Waals surface area contributed by atoms with Crippen LogP contribution in [0.25, 0.3) is 0 Å². The van der Waals surface area contributed by atoms with Crippen molar-refractivity contribution in [3.8, 4) is 6.07 Å². The van der Waals surface area contributed by atoms with Gasteiger partial charge in [0, 0.05) is 5.69 Å². The smallest absolute Gasteiger partial charge is 0.146 e. The van der Waals surface area contributed by atoms with E-state index in [9.17, 15) is 8.78 Å². The molecule has 4 heteroatoms. The second kappa shape index (κ2) is 5.49. The Morgan fingerprint density at radius 3 is 2.58 bits per heavy atom. The third-order valence-corrected chi connectivity index (χ3v) is 2.84. The van der Waals surface area contributed by atoms with Crippen LogP contribution in [-0.2, 0) is 6.42 Å². The molecule has 0 bridgehead atoms. The maximum absolute atomic E-state index is 13.8. The molecular weight excluding hydrogens is 246 g/mol. The quantitative estimate of drug-likeness (QED) is 0.898. The van der Waals surface area contributed by atoms with E-state index in [0.717, 1.165) is 5.56 Å². The van der Waals surface area contributed by atoms with Crippen LogP contribution in [0.1, 0.15) is 18.1 Å². The summed E-state index contributed by atoms with van der Waals surface area (Å²) in [5.41, 5.74) is 1.53. The fraction of sp³-hybridized carbons (Fsp3) is 0.133. The van der Waals surface area contributed by atoms with Crippen LogP contribution in [0.2, 0.25) is 0 Å². The molecule has 0 unspecified atom stereocenters. The maximum Gasteiger partial charge on any atom is 0.146 e. The van der Waals surface area contributed by atoms with Crippen molar-refractivity contribution in [3.05, 3.63) is 59.2 Å². The lowest BCUT2D eigenvalue weighted by Crippen LogP contribution is -1.99. The lowest BCUT2D eigenvalue weighted by molar-refractivity contribution is 0.623. The van der Waals surface area contributed by atoms with Crippen LogP contribution < -0.4 is 5.32 Å². The maximum atomic E-state index is 13.8. The molecular formula is C15H12F2N2. The summed E-state index contributed by atoms with van der Waals surface area (Å²) in [5.74, 6) is -1.01. The Balaban J connectivity index is 2.37. The zero-order valence-electron chi connectivity index (χ0n) is 10.4. The van der Waals surface area contributed by atoms with Gasteiger partial charge >= 0.3 is 0 Å². The van der Waals surface area contributed by atoms with Gasteiger partial charge in [-0.3, -0.25) is 0 Å². The number of nitrogens with zero attached hydrogens (tertiary/aromatic N) is 1. The van der Waals surface area contributed by atoms with E-state index in [-0.39, 0.29) is 11.4 Å². The SMILES string of the molecule is CCc1cccc(F)c1Nc1ccc(C#N)c(F)c1. The average molecular weight is 258 g/mol. The summed E-state index contributed by atoms with van der Waals surface area (Å²) in [6.07, 6.45) is 0.666. The van der Waals surface area contributed by atoms with Crippen molar-refractivity contribution in [2.75, 3.05) is 5.32 Å². The topological polar surface area (TPSA) is 35.8 Å². The minimum atomic E-state index is -0.623. The molecule has 0 heterocycles. The zero-order chi connectivity index (χ0) is 13.8. The van der Waals surface area contributed by atoms with Crippen LogP contribution in [0.3, 0.4) is 0 Å². The van der Waals surface area contributed by atoms with Crippen LogP contribution >= 0.6 is 0 Å². The van der Waals surface area contributed by atoms with Crippen LogP contribution in [0, 0.1) is 23.0 Å². The number of nitriles is 1. The summed E-state index contributed by atoms with van der Waals surface area (Å²) < 4.78 is 27.2. The molecule has 1 N–H and O–H groups in total. The number of aryl methyl sites for hydroxylation is 1. The minimum Gasteiger partial charge on any atom is -0.353 e. The predicted octanol–water partition coefficient (Wildman–Crippen LogP) is 4.14. The summed E-state index contributed by atoms with van der Waals surface area (Å²) >= 11 is 0. The van der Waals surface area contributed by atoms with E-state index >= 15 is 0 Å². The monoisotopic (exact) mass is 258 g/mol. The van der Waals surface area contributed by atoms with E-state index in [2.05, 4.69) is 5.32 Å².